The number of carbonyl (C=O) groups excluding carboxylic acids is 1. The van der Waals surface area contributed by atoms with Gasteiger partial charge in [0.25, 0.3) is 0 Å². The normalized spacial score (nSPS) is 10.7. The fourth-order valence-electron chi connectivity index (χ4n) is 2.16. The average Bonchev–Trinajstić information content (AvgIpc) is 2.92. The van der Waals surface area contributed by atoms with Crippen LogP contribution in [0.15, 0.2) is 63.9 Å². The molecule has 3 rings (SSSR count). The highest BCUT2D eigenvalue weighted by Gasteiger charge is 2.19. The first-order valence-electron chi connectivity index (χ1n) is 6.49. The number of fused-ring (bicyclic) bond motifs is 1. The second-order valence-electron chi connectivity index (χ2n) is 4.48. The Morgan fingerprint density at radius 3 is 2.57 bits per heavy atom. The highest BCUT2D eigenvalue weighted by atomic mass is 32.2. The van der Waals surface area contributed by atoms with Crippen LogP contribution >= 0.6 is 11.8 Å². The summed E-state index contributed by atoms with van der Waals surface area (Å²) in [6.45, 7) is 0. The van der Waals surface area contributed by atoms with Gasteiger partial charge in [-0.15, -0.1) is 11.8 Å². The van der Waals surface area contributed by atoms with Gasteiger partial charge in [0.15, 0.2) is 5.76 Å². The molecule has 0 bridgehead atoms. The van der Waals surface area contributed by atoms with E-state index in [-0.39, 0.29) is 5.76 Å². The molecule has 1 heterocycles. The summed E-state index contributed by atoms with van der Waals surface area (Å²) in [7, 11) is 0. The van der Waals surface area contributed by atoms with Crippen LogP contribution in [0.3, 0.4) is 0 Å². The lowest BCUT2D eigenvalue weighted by molar-refractivity contribution is 0.0927. The summed E-state index contributed by atoms with van der Waals surface area (Å²) >= 11 is 1.65. The number of hydrogen-bond acceptors (Lipinski definition) is 4. The van der Waals surface area contributed by atoms with Crippen molar-refractivity contribution >= 4 is 28.6 Å². The zero-order chi connectivity index (χ0) is 14.7. The number of nitrogens with one attached hydrogen (secondary N) is 1. The van der Waals surface area contributed by atoms with Crippen molar-refractivity contribution in [2.75, 3.05) is 0 Å². The summed E-state index contributed by atoms with van der Waals surface area (Å²) < 4.78 is 5.63. The molecule has 0 atom stereocenters. The van der Waals surface area contributed by atoms with E-state index in [9.17, 15) is 4.79 Å². The van der Waals surface area contributed by atoms with Gasteiger partial charge < -0.3 is 4.42 Å². The first kappa shape index (κ1) is 13.7. The lowest BCUT2D eigenvalue weighted by atomic mass is 10.1. The second kappa shape index (κ2) is 6.03. The predicted molar refractivity (Wildman–Crippen MR) is 83.9 cm³/mol. The van der Waals surface area contributed by atoms with Crippen LogP contribution in [0.4, 0.5) is 0 Å². The van der Waals surface area contributed by atoms with Crippen molar-refractivity contribution in [2.45, 2.75) is 10.6 Å². The molecule has 0 aliphatic carbocycles. The van der Waals surface area contributed by atoms with Crippen molar-refractivity contribution in [1.29, 1.82) is 0 Å². The van der Waals surface area contributed by atoms with Crippen LogP contribution in [0.2, 0.25) is 0 Å². The topological polar surface area (TPSA) is 68.3 Å². The Bertz CT molecular complexity index is 768. The third-order valence-electron chi connectivity index (χ3n) is 3.16. The van der Waals surface area contributed by atoms with Crippen LogP contribution in [0.1, 0.15) is 16.1 Å². The molecule has 1 aromatic heterocycles. The quantitative estimate of drug-likeness (QED) is 0.335. The van der Waals surface area contributed by atoms with Crippen molar-refractivity contribution in [1.82, 2.24) is 5.43 Å². The third-order valence-corrected chi connectivity index (χ3v) is 4.20. The number of amides is 1. The maximum Gasteiger partial charge on any atom is 0.301 e. The molecule has 3 N–H and O–H groups in total. The molecule has 106 valence electrons. The molecule has 0 fully saturated rings. The number of rotatable bonds is 4. The lowest BCUT2D eigenvalue weighted by Gasteiger charge is -2.03. The van der Waals surface area contributed by atoms with Gasteiger partial charge in [-0.25, -0.2) is 5.84 Å². The van der Waals surface area contributed by atoms with E-state index < -0.39 is 5.91 Å². The van der Waals surface area contributed by atoms with Gasteiger partial charge in [-0.05, 0) is 18.2 Å². The Labute approximate surface area is 126 Å². The van der Waals surface area contributed by atoms with Gasteiger partial charge >= 0.3 is 5.91 Å². The molecule has 0 aliphatic heterocycles. The number of thioether (sulfide) groups is 1. The van der Waals surface area contributed by atoms with Gasteiger partial charge in [0.05, 0.1) is 0 Å². The van der Waals surface area contributed by atoms with E-state index in [1.54, 1.807) is 11.8 Å². The zero-order valence-corrected chi connectivity index (χ0v) is 12.0. The minimum atomic E-state index is -0.408. The van der Waals surface area contributed by atoms with Gasteiger partial charge in [0.2, 0.25) is 0 Å². The largest absolute Gasteiger partial charge is 0.451 e. The molecule has 0 saturated carbocycles. The Morgan fingerprint density at radius 1 is 1.10 bits per heavy atom. The highest BCUT2D eigenvalue weighted by Crippen LogP contribution is 2.31. The molecular weight excluding hydrogens is 284 g/mol. The number of furan rings is 1. The number of nitrogen functional groups attached to an aromatic ring is 1. The smallest absolute Gasteiger partial charge is 0.301 e. The molecule has 3 aromatic rings. The van der Waals surface area contributed by atoms with Crippen LogP contribution in [0.25, 0.3) is 11.0 Å². The van der Waals surface area contributed by atoms with Gasteiger partial charge in [-0.3, -0.25) is 10.2 Å². The van der Waals surface area contributed by atoms with Crippen LogP contribution in [0, 0.1) is 0 Å². The van der Waals surface area contributed by atoms with Crippen molar-refractivity contribution < 1.29 is 9.21 Å². The molecule has 21 heavy (non-hydrogen) atoms. The summed E-state index contributed by atoms with van der Waals surface area (Å²) in [5, 5.41) is 0.944. The molecule has 0 saturated heterocycles. The van der Waals surface area contributed by atoms with E-state index in [1.165, 1.54) is 0 Å². The fourth-order valence-corrected chi connectivity index (χ4v) is 3.11. The Hall–Kier alpha value is -2.24. The van der Waals surface area contributed by atoms with Gasteiger partial charge in [-0.2, -0.15) is 0 Å². The standard InChI is InChI=1S/C16H14N2O2S/c17-18-16(19)15-13(10-21-11-6-2-1-3-7-11)12-8-4-5-9-14(12)20-15/h1-9H,10,17H2,(H,18,19). The molecule has 1 amide bonds. The summed E-state index contributed by atoms with van der Waals surface area (Å²) in [4.78, 5) is 13.0. The maximum atomic E-state index is 11.9. The lowest BCUT2D eigenvalue weighted by Crippen LogP contribution is -2.30. The summed E-state index contributed by atoms with van der Waals surface area (Å²) in [6, 6.07) is 17.6. The monoisotopic (exact) mass is 298 g/mol. The molecule has 5 heteroatoms. The molecule has 0 aliphatic rings. The summed E-state index contributed by atoms with van der Waals surface area (Å²) in [5.74, 6) is 5.75. The van der Waals surface area contributed by atoms with Crippen molar-refractivity contribution in [3.8, 4) is 0 Å². The fraction of sp³-hybridized carbons (Fsp3) is 0.0625. The van der Waals surface area contributed by atoms with Gasteiger partial charge in [0, 0.05) is 21.6 Å². The SMILES string of the molecule is NNC(=O)c1oc2ccccc2c1CSc1ccccc1. The minimum Gasteiger partial charge on any atom is -0.451 e. The summed E-state index contributed by atoms with van der Waals surface area (Å²) in [5.41, 5.74) is 3.70. The number of nitrogens with two attached hydrogens (primary N) is 1. The Balaban J connectivity index is 1.97. The van der Waals surface area contributed by atoms with Crippen molar-refractivity contribution in [2.24, 2.45) is 5.84 Å². The first-order valence-corrected chi connectivity index (χ1v) is 7.47. The molecule has 2 aromatic carbocycles. The molecule has 0 radical (unpaired) electrons. The number of hydrazine groups is 1. The van der Waals surface area contributed by atoms with Crippen LogP contribution < -0.4 is 11.3 Å². The average molecular weight is 298 g/mol. The number of benzene rings is 2. The number of carbonyl (C=O) groups is 1. The van der Waals surface area contributed by atoms with E-state index in [2.05, 4.69) is 5.43 Å². The van der Waals surface area contributed by atoms with E-state index in [0.29, 0.717) is 11.3 Å². The molecule has 0 unspecified atom stereocenters. The zero-order valence-electron chi connectivity index (χ0n) is 11.2. The van der Waals surface area contributed by atoms with Crippen molar-refractivity contribution in [3.05, 3.63) is 65.9 Å². The first-order chi connectivity index (χ1) is 10.3. The summed E-state index contributed by atoms with van der Waals surface area (Å²) in [6.07, 6.45) is 0. The third kappa shape index (κ3) is 2.79. The van der Waals surface area contributed by atoms with Crippen LogP contribution in [-0.2, 0) is 5.75 Å². The van der Waals surface area contributed by atoms with Gasteiger partial charge in [-0.1, -0.05) is 36.4 Å². The second-order valence-corrected chi connectivity index (χ2v) is 5.53. The molecule has 0 spiro atoms. The minimum absolute atomic E-state index is 0.280. The Kier molecular flexibility index (Phi) is 3.94. The van der Waals surface area contributed by atoms with E-state index >= 15 is 0 Å². The highest BCUT2D eigenvalue weighted by molar-refractivity contribution is 7.98. The van der Waals surface area contributed by atoms with Crippen molar-refractivity contribution in [3.63, 3.8) is 0 Å². The molecular formula is C16H14N2O2S. The predicted octanol–water partition coefficient (Wildman–Crippen LogP) is 3.33. The van der Waals surface area contributed by atoms with E-state index in [1.807, 2.05) is 54.6 Å². The maximum absolute atomic E-state index is 11.9. The van der Waals surface area contributed by atoms with E-state index in [4.69, 9.17) is 10.3 Å². The van der Waals surface area contributed by atoms with E-state index in [0.717, 1.165) is 15.8 Å². The van der Waals surface area contributed by atoms with Crippen LogP contribution in [0.5, 0.6) is 0 Å². The molecule has 4 nitrogen and oxygen atoms in total. The Morgan fingerprint density at radius 2 is 1.81 bits per heavy atom. The van der Waals surface area contributed by atoms with Crippen LogP contribution in [-0.4, -0.2) is 5.91 Å². The van der Waals surface area contributed by atoms with Gasteiger partial charge in [0.1, 0.15) is 5.58 Å². The number of para-hydroxylation sites is 1. The number of hydrogen-bond donors (Lipinski definition) is 2.